The van der Waals surface area contributed by atoms with Crippen LogP contribution in [0.15, 0.2) is 55.7 Å². The van der Waals surface area contributed by atoms with Crippen LogP contribution >= 0.6 is 0 Å². The molecule has 13 heteroatoms. The van der Waals surface area contributed by atoms with Gasteiger partial charge in [-0.1, -0.05) is 0 Å². The van der Waals surface area contributed by atoms with Crippen molar-refractivity contribution in [2.75, 3.05) is 7.05 Å². The van der Waals surface area contributed by atoms with Gasteiger partial charge in [-0.3, -0.25) is 0 Å². The molecule has 0 aliphatic rings. The summed E-state index contributed by atoms with van der Waals surface area (Å²) in [7, 11) is 1.42. The van der Waals surface area contributed by atoms with Gasteiger partial charge in [-0.2, -0.15) is 0 Å². The van der Waals surface area contributed by atoms with Crippen molar-refractivity contribution in [3.8, 4) is 0 Å². The molecule has 0 aromatic carbocycles. The minimum absolute atomic E-state index is 1.42. The third-order valence-electron chi connectivity index (χ3n) is 0.464. The second kappa shape index (κ2) is 11.3. The van der Waals surface area contributed by atoms with Gasteiger partial charge in [-0.05, 0) is 0 Å². The van der Waals surface area contributed by atoms with Crippen molar-refractivity contribution in [3.63, 3.8) is 0 Å². The zero-order valence-corrected chi connectivity index (χ0v) is 8.92. The zero-order valence-electron chi connectivity index (χ0n) is 6.64. The molecule has 0 unspecified atom stereocenters. The van der Waals surface area contributed by atoms with Gasteiger partial charge in [0.2, 0.25) is 0 Å². The van der Waals surface area contributed by atoms with Crippen LogP contribution in [0.25, 0.3) is 0 Å². The third-order valence-corrected chi connectivity index (χ3v) is 0.852. The van der Waals surface area contributed by atoms with E-state index in [9.17, 15) is 3.40 Å². The summed E-state index contributed by atoms with van der Waals surface area (Å²) in [6.45, 7) is 0. The quantitative estimate of drug-likeness (QED) is 0.520. The van der Waals surface area contributed by atoms with Crippen LogP contribution in [0.5, 0.6) is 0 Å². The molecule has 0 saturated carbocycles. The van der Waals surface area contributed by atoms with Crippen molar-refractivity contribution in [1.29, 1.82) is 0 Å². The van der Waals surface area contributed by atoms with Gasteiger partial charge in [0, 0.05) is 0 Å². The molecule has 78 valence electrons. The van der Waals surface area contributed by atoms with Crippen molar-refractivity contribution in [2.45, 2.75) is 0 Å². The number of hydrogen-bond acceptors (Lipinski definition) is 3. The first-order valence-electron chi connectivity index (χ1n) is 2.72. The molecular formula is CH3N11OPt. The SMILES string of the molecule is CN=N/N=N/N=N/N=N/N=N/[N]=[Pt]=[O]. The van der Waals surface area contributed by atoms with E-state index in [4.69, 9.17) is 0 Å². The van der Waals surface area contributed by atoms with Gasteiger partial charge < -0.3 is 0 Å². The molecule has 0 bridgehead atoms. The maximum absolute atomic E-state index is 9.80. The fourth-order valence-corrected chi connectivity index (χ4v) is 0.363. The molecule has 0 aliphatic carbocycles. The van der Waals surface area contributed by atoms with Gasteiger partial charge in [-0.25, -0.2) is 0 Å². The van der Waals surface area contributed by atoms with Gasteiger partial charge in [0.25, 0.3) is 0 Å². The van der Waals surface area contributed by atoms with E-state index >= 15 is 0 Å². The van der Waals surface area contributed by atoms with Crippen LogP contribution < -0.4 is 0 Å². The molecule has 0 N–H and O–H groups in total. The predicted molar refractivity (Wildman–Crippen MR) is 33.3 cm³/mol. The Morgan fingerprint density at radius 1 is 0.714 bits per heavy atom. The molecule has 0 heterocycles. The number of nitrogens with zero attached hydrogens (tertiary/aromatic N) is 11. The summed E-state index contributed by atoms with van der Waals surface area (Å²) in [5.74, 6) is 0. The summed E-state index contributed by atoms with van der Waals surface area (Å²) in [5, 5.41) is 30.3. The molecule has 0 rings (SSSR count). The molecule has 0 aromatic rings. The van der Waals surface area contributed by atoms with Crippen molar-refractivity contribution in [2.24, 2.45) is 55.7 Å². The molecule has 0 aromatic heterocycles. The first-order valence-corrected chi connectivity index (χ1v) is 4.66. The second-order valence-electron chi connectivity index (χ2n) is 1.13. The minimum atomic E-state index is -1.53. The molecule has 12 nitrogen and oxygen atoms in total. The van der Waals surface area contributed by atoms with E-state index in [-0.39, 0.29) is 0 Å². The van der Waals surface area contributed by atoms with E-state index in [1.807, 2.05) is 0 Å². The van der Waals surface area contributed by atoms with Crippen molar-refractivity contribution < 1.29 is 21.7 Å². The molecule has 14 heavy (non-hydrogen) atoms. The standard InChI is InChI=1S/CH3N11.O.Pt/c1-3-5-7-9-11-12-10-8-6-4-2;;/h1H3;;/b5-3?,6-4+,9-7+,10-8+,12-11+;;. The number of rotatable bonds is 5. The Kier molecular flexibility index (Phi) is 9.91. The van der Waals surface area contributed by atoms with Crippen LogP contribution in [0.2, 0.25) is 0 Å². The normalized spacial score (nSPS) is 13.5. The molecule has 0 aliphatic heterocycles. The second-order valence-corrected chi connectivity index (χ2v) is 2.00. The van der Waals surface area contributed by atoms with E-state index < -0.39 is 18.3 Å². The maximum atomic E-state index is 9.80. The van der Waals surface area contributed by atoms with Crippen LogP contribution in [-0.2, 0) is 21.7 Å². The first kappa shape index (κ1) is 12.3. The summed E-state index contributed by atoms with van der Waals surface area (Å²) in [6, 6.07) is 0. The Balaban J connectivity index is 3.75. The summed E-state index contributed by atoms with van der Waals surface area (Å²) < 4.78 is 12.8. The van der Waals surface area contributed by atoms with E-state index in [0.717, 1.165) is 0 Å². The van der Waals surface area contributed by atoms with Crippen molar-refractivity contribution >= 4 is 0 Å². The summed E-state index contributed by atoms with van der Waals surface area (Å²) in [4.78, 5) is 0. The Morgan fingerprint density at radius 3 is 1.57 bits per heavy atom. The van der Waals surface area contributed by atoms with Crippen LogP contribution in [0.1, 0.15) is 0 Å². The average Bonchev–Trinajstić information content (AvgIpc) is 2.21. The zero-order chi connectivity index (χ0) is 10.5. The van der Waals surface area contributed by atoms with Crippen molar-refractivity contribution in [3.05, 3.63) is 0 Å². The van der Waals surface area contributed by atoms with Gasteiger partial charge in [0.05, 0.1) is 0 Å². The number of hydrogen-bond donors (Lipinski definition) is 0. The van der Waals surface area contributed by atoms with Gasteiger partial charge in [-0.15, -0.1) is 0 Å². The van der Waals surface area contributed by atoms with Crippen LogP contribution in [0.4, 0.5) is 0 Å². The average molecular weight is 380 g/mol. The van der Waals surface area contributed by atoms with Gasteiger partial charge >= 0.3 is 84.5 Å². The van der Waals surface area contributed by atoms with E-state index in [2.05, 4.69) is 55.7 Å². The van der Waals surface area contributed by atoms with Crippen LogP contribution in [0.3, 0.4) is 0 Å². The summed E-state index contributed by atoms with van der Waals surface area (Å²) >= 11 is -1.53. The van der Waals surface area contributed by atoms with Crippen LogP contribution in [0, 0.1) is 0 Å². The summed E-state index contributed by atoms with van der Waals surface area (Å²) in [5.41, 5.74) is 0. The molecule has 0 atom stereocenters. The van der Waals surface area contributed by atoms with E-state index in [0.29, 0.717) is 0 Å². The monoisotopic (exact) mass is 380 g/mol. The molecule has 0 saturated heterocycles. The Hall–Kier alpha value is -1.71. The molecular weight excluding hydrogens is 377 g/mol. The summed E-state index contributed by atoms with van der Waals surface area (Å²) in [6.07, 6.45) is 0. The van der Waals surface area contributed by atoms with Gasteiger partial charge in [0.15, 0.2) is 0 Å². The Morgan fingerprint density at radius 2 is 1.14 bits per heavy atom. The Labute approximate surface area is 85.0 Å². The van der Waals surface area contributed by atoms with E-state index in [1.54, 1.807) is 0 Å². The van der Waals surface area contributed by atoms with Crippen LogP contribution in [-0.4, -0.2) is 7.05 Å². The fraction of sp³-hybridized carbons (Fsp3) is 1.00. The third kappa shape index (κ3) is 10.3. The van der Waals surface area contributed by atoms with Gasteiger partial charge in [0.1, 0.15) is 0 Å². The molecule has 0 fully saturated rings. The molecule has 0 radical (unpaired) electrons. The fourth-order valence-electron chi connectivity index (χ4n) is 0.189. The Bertz CT molecular complexity index is 318. The van der Waals surface area contributed by atoms with Crippen molar-refractivity contribution in [1.82, 2.24) is 0 Å². The molecule has 0 amide bonds. The molecule has 0 spiro atoms. The predicted octanol–water partition coefficient (Wildman–Crippen LogP) is 2.06. The topological polar surface area (TPSA) is 153 Å². The van der Waals surface area contributed by atoms with E-state index in [1.165, 1.54) is 7.05 Å². The first-order chi connectivity index (χ1) is 6.91.